The van der Waals surface area contributed by atoms with Crippen molar-refractivity contribution in [2.45, 2.75) is 31.8 Å². The summed E-state index contributed by atoms with van der Waals surface area (Å²) in [5, 5.41) is 28.1. The van der Waals surface area contributed by atoms with Crippen molar-refractivity contribution >= 4 is 22.5 Å². The van der Waals surface area contributed by atoms with Crippen LogP contribution in [0, 0.1) is 6.92 Å². The molecule has 0 saturated heterocycles. The molecule has 31 heavy (non-hydrogen) atoms. The van der Waals surface area contributed by atoms with Gasteiger partial charge in [0, 0.05) is 17.1 Å². The number of halogens is 1. The Morgan fingerprint density at radius 1 is 1.19 bits per heavy atom. The third-order valence-electron chi connectivity index (χ3n) is 5.84. The van der Waals surface area contributed by atoms with E-state index in [4.69, 9.17) is 16.1 Å². The number of hydrogen-bond donors (Lipinski definition) is 2. The fraction of sp³-hybridized carbons (Fsp3) is 0.217. The van der Waals surface area contributed by atoms with Crippen molar-refractivity contribution in [1.82, 2.24) is 10.1 Å². The Morgan fingerprint density at radius 3 is 2.48 bits per heavy atom. The molecule has 1 aliphatic carbocycles. The van der Waals surface area contributed by atoms with Gasteiger partial charge in [0.2, 0.25) is 0 Å². The second-order valence-corrected chi connectivity index (χ2v) is 8.24. The number of hydrogen-bond acceptors (Lipinski definition) is 5. The average Bonchev–Trinajstić information content (AvgIpc) is 3.11. The minimum atomic E-state index is -0.739. The Bertz CT molecular complexity index is 1340. The number of pyridine rings is 1. The number of rotatable bonds is 3. The van der Waals surface area contributed by atoms with Gasteiger partial charge in [0.15, 0.2) is 5.76 Å². The topological polar surface area (TPSA) is 102 Å². The standard InChI is InChI=1S/C23H19ClN2O4.K/c1-12-9-19(30-26-12)20-21(27)16-10-15(17(24)11-18(16)25-22(20)28)13-3-5-14(6-4-13)23(29)7-2-8-23;/h3-6,9-11,29H,2,7-8H2,1H3,(H2,25,27,28);/q;+1/p-1. The number of fused-ring (bicyclic) bond motifs is 1. The number of benzene rings is 2. The van der Waals surface area contributed by atoms with Gasteiger partial charge in [-0.05, 0) is 54.8 Å². The maximum absolute atomic E-state index is 13.1. The van der Waals surface area contributed by atoms with Gasteiger partial charge >= 0.3 is 51.4 Å². The number of aromatic amines is 1. The number of H-pyrrole nitrogens is 1. The van der Waals surface area contributed by atoms with Gasteiger partial charge in [0.25, 0.3) is 5.56 Å². The molecule has 0 atom stereocenters. The molecule has 2 aromatic heterocycles. The molecule has 0 radical (unpaired) electrons. The normalized spacial score (nSPS) is 14.8. The SMILES string of the molecule is Cc1cc(-c2c([O-])c3cc(-c4ccc(C5(O)CCC5)cc4)c(Cl)cc3[nH]c2=O)on1.[K+]. The van der Waals surface area contributed by atoms with Crippen molar-refractivity contribution in [1.29, 1.82) is 0 Å². The van der Waals surface area contributed by atoms with E-state index in [0.717, 1.165) is 30.4 Å². The number of aliphatic hydroxyl groups is 1. The van der Waals surface area contributed by atoms with Crippen LogP contribution in [0.1, 0.15) is 30.5 Å². The summed E-state index contributed by atoms with van der Waals surface area (Å²) >= 11 is 6.47. The molecule has 1 fully saturated rings. The van der Waals surface area contributed by atoms with Gasteiger partial charge in [0.05, 0.1) is 21.9 Å². The van der Waals surface area contributed by atoms with Crippen LogP contribution in [0.4, 0.5) is 0 Å². The zero-order valence-corrected chi connectivity index (χ0v) is 21.0. The second-order valence-electron chi connectivity index (χ2n) is 7.83. The van der Waals surface area contributed by atoms with Crippen LogP contribution in [0.3, 0.4) is 0 Å². The van der Waals surface area contributed by atoms with Crippen LogP contribution in [-0.2, 0) is 5.60 Å². The van der Waals surface area contributed by atoms with E-state index in [-0.39, 0.29) is 62.7 Å². The van der Waals surface area contributed by atoms with E-state index in [0.29, 0.717) is 27.2 Å². The van der Waals surface area contributed by atoms with Crippen LogP contribution in [0.15, 0.2) is 51.8 Å². The first-order chi connectivity index (χ1) is 14.4. The molecule has 0 bridgehead atoms. The van der Waals surface area contributed by atoms with Crippen LogP contribution in [0.2, 0.25) is 5.02 Å². The third kappa shape index (κ3) is 3.93. The first kappa shape index (κ1) is 22.7. The molecule has 4 aromatic rings. The second kappa shape index (κ2) is 8.48. The molecule has 1 aliphatic rings. The summed E-state index contributed by atoms with van der Waals surface area (Å²) in [6, 6.07) is 12.4. The van der Waals surface area contributed by atoms with Gasteiger partial charge in [-0.3, -0.25) is 4.79 Å². The molecule has 152 valence electrons. The average molecular weight is 461 g/mol. The van der Waals surface area contributed by atoms with E-state index in [1.54, 1.807) is 25.1 Å². The van der Waals surface area contributed by atoms with Crippen molar-refractivity contribution in [2.24, 2.45) is 0 Å². The predicted octanol–water partition coefficient (Wildman–Crippen LogP) is 1.26. The molecule has 2 heterocycles. The number of nitrogens with zero attached hydrogens (tertiary/aromatic N) is 1. The number of aryl methyl sites for hydroxylation is 1. The fourth-order valence-electron chi connectivity index (χ4n) is 3.97. The van der Waals surface area contributed by atoms with Gasteiger partial charge in [-0.15, -0.1) is 0 Å². The molecule has 0 spiro atoms. The molecule has 0 amide bonds. The van der Waals surface area contributed by atoms with Crippen LogP contribution in [-0.4, -0.2) is 15.2 Å². The molecular weight excluding hydrogens is 443 g/mol. The Labute approximate surface area is 225 Å². The minimum absolute atomic E-state index is 0. The van der Waals surface area contributed by atoms with Crippen molar-refractivity contribution in [3.8, 4) is 28.2 Å². The molecule has 8 heteroatoms. The summed E-state index contributed by atoms with van der Waals surface area (Å²) in [5.41, 5.74) is 1.93. The van der Waals surface area contributed by atoms with E-state index in [9.17, 15) is 15.0 Å². The van der Waals surface area contributed by atoms with Crippen LogP contribution in [0.25, 0.3) is 33.4 Å². The Hall–Kier alpha value is -1.45. The first-order valence-corrected chi connectivity index (χ1v) is 10.1. The van der Waals surface area contributed by atoms with Gasteiger partial charge in [0.1, 0.15) is 0 Å². The zero-order valence-electron chi connectivity index (χ0n) is 17.2. The van der Waals surface area contributed by atoms with E-state index in [1.807, 2.05) is 24.3 Å². The van der Waals surface area contributed by atoms with E-state index in [2.05, 4.69) is 10.1 Å². The minimum Gasteiger partial charge on any atom is -0.871 e. The predicted molar refractivity (Wildman–Crippen MR) is 112 cm³/mol. The molecule has 1 saturated carbocycles. The quantitative estimate of drug-likeness (QED) is 0.448. The Balaban J connectivity index is 0.00000231. The van der Waals surface area contributed by atoms with Crippen LogP contribution in [0.5, 0.6) is 5.75 Å². The Morgan fingerprint density at radius 2 is 1.90 bits per heavy atom. The van der Waals surface area contributed by atoms with E-state index < -0.39 is 16.9 Å². The number of aromatic nitrogens is 2. The molecular formula is C23H18ClKN2O4. The Kier molecular flexibility index (Phi) is 6.22. The van der Waals surface area contributed by atoms with Gasteiger partial charge < -0.3 is 19.7 Å². The maximum atomic E-state index is 13.1. The van der Waals surface area contributed by atoms with Crippen LogP contribution < -0.4 is 62.1 Å². The summed E-state index contributed by atoms with van der Waals surface area (Å²) < 4.78 is 5.14. The van der Waals surface area contributed by atoms with Crippen LogP contribution >= 0.6 is 11.6 Å². The van der Waals surface area contributed by atoms with Gasteiger partial charge in [-0.1, -0.05) is 46.8 Å². The molecule has 6 nitrogen and oxygen atoms in total. The van der Waals surface area contributed by atoms with Crippen molar-refractivity contribution in [3.05, 3.63) is 69.1 Å². The molecule has 0 unspecified atom stereocenters. The third-order valence-corrected chi connectivity index (χ3v) is 6.16. The summed E-state index contributed by atoms with van der Waals surface area (Å²) in [6.07, 6.45) is 2.55. The van der Waals surface area contributed by atoms with Crippen molar-refractivity contribution in [2.75, 3.05) is 0 Å². The zero-order chi connectivity index (χ0) is 21.0. The fourth-order valence-corrected chi connectivity index (χ4v) is 4.25. The summed E-state index contributed by atoms with van der Waals surface area (Å²) in [6.45, 7) is 1.72. The first-order valence-electron chi connectivity index (χ1n) is 9.69. The number of nitrogens with one attached hydrogen (secondary N) is 1. The van der Waals surface area contributed by atoms with E-state index >= 15 is 0 Å². The molecule has 2 N–H and O–H groups in total. The molecule has 2 aromatic carbocycles. The van der Waals surface area contributed by atoms with Crippen molar-refractivity contribution in [3.63, 3.8) is 0 Å². The summed E-state index contributed by atoms with van der Waals surface area (Å²) in [4.78, 5) is 15.2. The molecule has 0 aliphatic heterocycles. The summed E-state index contributed by atoms with van der Waals surface area (Å²) in [7, 11) is 0. The van der Waals surface area contributed by atoms with E-state index in [1.165, 1.54) is 0 Å². The summed E-state index contributed by atoms with van der Waals surface area (Å²) in [5.74, 6) is -0.307. The van der Waals surface area contributed by atoms with Gasteiger partial charge in [-0.25, -0.2) is 0 Å². The maximum Gasteiger partial charge on any atom is 1.00 e. The van der Waals surface area contributed by atoms with Gasteiger partial charge in [-0.2, -0.15) is 0 Å². The monoisotopic (exact) mass is 460 g/mol. The largest absolute Gasteiger partial charge is 1.00 e. The van der Waals surface area contributed by atoms with Crippen molar-refractivity contribution < 1.29 is 66.1 Å². The smallest absolute Gasteiger partial charge is 0.871 e. The molecule has 5 rings (SSSR count).